The second-order valence-corrected chi connectivity index (χ2v) is 5.29. The lowest BCUT2D eigenvalue weighted by atomic mass is 10.0. The Bertz CT molecular complexity index is 191. The summed E-state index contributed by atoms with van der Waals surface area (Å²) in [4.78, 5) is 11.7. The molecule has 1 fully saturated rings. The Kier molecular flexibility index (Phi) is 4.61. The molecule has 1 unspecified atom stereocenters. The molecule has 1 atom stereocenters. The molecule has 0 saturated carbocycles. The van der Waals surface area contributed by atoms with Crippen molar-refractivity contribution >= 4 is 15.7 Å². The van der Waals surface area contributed by atoms with Gasteiger partial charge < -0.3 is 9.30 Å². The van der Waals surface area contributed by atoms with Gasteiger partial charge in [0.05, 0.1) is 6.61 Å². The highest BCUT2D eigenvalue weighted by atomic mass is 28.2. The SMILES string of the molecule is CCOC(=O)C(C(C)C)N1CCC[Si]1. The van der Waals surface area contributed by atoms with Crippen LogP contribution in [-0.4, -0.2) is 39.4 Å². The molecule has 1 aliphatic heterocycles. The average molecular weight is 213 g/mol. The normalized spacial score (nSPS) is 20.0. The zero-order valence-corrected chi connectivity index (χ0v) is 10.2. The van der Waals surface area contributed by atoms with Crippen LogP contribution in [0.4, 0.5) is 0 Å². The van der Waals surface area contributed by atoms with Gasteiger partial charge in [0.2, 0.25) is 0 Å². The van der Waals surface area contributed by atoms with Crippen LogP contribution in [0.1, 0.15) is 27.2 Å². The van der Waals surface area contributed by atoms with E-state index in [1.54, 1.807) is 0 Å². The van der Waals surface area contributed by atoms with E-state index in [4.69, 9.17) is 4.74 Å². The summed E-state index contributed by atoms with van der Waals surface area (Å²) in [7, 11) is 0.803. The van der Waals surface area contributed by atoms with E-state index in [0.717, 1.165) is 16.2 Å². The van der Waals surface area contributed by atoms with Gasteiger partial charge in [-0.25, -0.2) is 0 Å². The van der Waals surface area contributed by atoms with E-state index in [1.165, 1.54) is 12.5 Å². The van der Waals surface area contributed by atoms with Crippen molar-refractivity contribution in [1.29, 1.82) is 0 Å². The summed E-state index contributed by atoms with van der Waals surface area (Å²) in [6, 6.07) is 1.22. The van der Waals surface area contributed by atoms with Crippen LogP contribution in [0.2, 0.25) is 6.04 Å². The standard InChI is InChI=1S/C10H19NO2Si/c1-4-13-10(12)9(8(2)3)11-6-5-7-14-11/h8-9H,4-7H2,1-3H3. The zero-order valence-electron chi connectivity index (χ0n) is 9.25. The van der Waals surface area contributed by atoms with Crippen LogP contribution >= 0.6 is 0 Å². The van der Waals surface area contributed by atoms with E-state index in [0.29, 0.717) is 12.5 Å². The summed E-state index contributed by atoms with van der Waals surface area (Å²) in [5.41, 5.74) is 0. The smallest absolute Gasteiger partial charge is 0.322 e. The van der Waals surface area contributed by atoms with Gasteiger partial charge in [-0.05, 0) is 31.9 Å². The van der Waals surface area contributed by atoms with Gasteiger partial charge in [0, 0.05) is 0 Å². The van der Waals surface area contributed by atoms with E-state index >= 15 is 0 Å². The van der Waals surface area contributed by atoms with Gasteiger partial charge in [-0.3, -0.25) is 4.79 Å². The molecule has 0 bridgehead atoms. The zero-order chi connectivity index (χ0) is 10.6. The maximum atomic E-state index is 11.7. The molecule has 4 heteroatoms. The first-order chi connectivity index (χ1) is 6.66. The topological polar surface area (TPSA) is 29.5 Å². The van der Waals surface area contributed by atoms with E-state index in [2.05, 4.69) is 18.4 Å². The quantitative estimate of drug-likeness (QED) is 0.521. The van der Waals surface area contributed by atoms with E-state index in [1.807, 2.05) is 6.92 Å². The molecule has 0 aromatic heterocycles. The Morgan fingerprint density at radius 2 is 2.29 bits per heavy atom. The minimum atomic E-state index is -0.0445. The maximum Gasteiger partial charge on any atom is 0.322 e. The van der Waals surface area contributed by atoms with E-state index in [9.17, 15) is 4.79 Å². The highest BCUT2D eigenvalue weighted by molar-refractivity contribution is 6.33. The van der Waals surface area contributed by atoms with Crippen LogP contribution in [0.25, 0.3) is 0 Å². The minimum absolute atomic E-state index is 0.0178. The van der Waals surface area contributed by atoms with Gasteiger partial charge in [-0.15, -0.1) is 0 Å². The molecule has 3 nitrogen and oxygen atoms in total. The molecule has 1 aliphatic rings. The molecule has 80 valence electrons. The van der Waals surface area contributed by atoms with Crippen molar-refractivity contribution in [1.82, 2.24) is 4.57 Å². The summed E-state index contributed by atoms with van der Waals surface area (Å²) in [6.07, 6.45) is 1.22. The van der Waals surface area contributed by atoms with Crippen molar-refractivity contribution in [2.75, 3.05) is 13.2 Å². The number of hydrogen-bond acceptors (Lipinski definition) is 3. The fourth-order valence-electron chi connectivity index (χ4n) is 1.78. The summed E-state index contributed by atoms with van der Waals surface area (Å²) in [5, 5.41) is 0. The lowest BCUT2D eigenvalue weighted by Crippen LogP contribution is -2.45. The predicted octanol–water partition coefficient (Wildman–Crippen LogP) is 1.32. The molecule has 2 radical (unpaired) electrons. The van der Waals surface area contributed by atoms with Crippen molar-refractivity contribution < 1.29 is 9.53 Å². The minimum Gasteiger partial charge on any atom is -0.465 e. The molecule has 0 aromatic carbocycles. The molecule has 0 spiro atoms. The molecule has 0 N–H and O–H groups in total. The Labute approximate surface area is 88.7 Å². The third kappa shape index (κ3) is 2.82. The molecule has 0 aromatic rings. The third-order valence-corrected chi connectivity index (χ3v) is 3.87. The second kappa shape index (κ2) is 5.51. The van der Waals surface area contributed by atoms with Crippen LogP contribution in [0.5, 0.6) is 0 Å². The fourth-order valence-corrected chi connectivity index (χ4v) is 3.30. The molecule has 1 heterocycles. The van der Waals surface area contributed by atoms with Crippen molar-refractivity contribution in [2.24, 2.45) is 5.92 Å². The number of ether oxygens (including phenoxy) is 1. The summed E-state index contributed by atoms with van der Waals surface area (Å²) < 4.78 is 7.38. The van der Waals surface area contributed by atoms with Crippen LogP contribution in [0.15, 0.2) is 0 Å². The van der Waals surface area contributed by atoms with E-state index < -0.39 is 0 Å². The summed E-state index contributed by atoms with van der Waals surface area (Å²) in [6.45, 7) is 7.58. The second-order valence-electron chi connectivity index (χ2n) is 3.90. The third-order valence-electron chi connectivity index (χ3n) is 2.39. The first kappa shape index (κ1) is 11.7. The lowest BCUT2D eigenvalue weighted by Gasteiger charge is -2.28. The lowest BCUT2D eigenvalue weighted by molar-refractivity contribution is -0.149. The molecular formula is C10H19NO2Si. The van der Waals surface area contributed by atoms with E-state index in [-0.39, 0.29) is 12.0 Å². The summed E-state index contributed by atoms with van der Waals surface area (Å²) >= 11 is 0. The molecule has 1 rings (SSSR count). The Balaban J connectivity index is 2.57. The van der Waals surface area contributed by atoms with Gasteiger partial charge in [0.15, 0.2) is 0 Å². The number of esters is 1. The van der Waals surface area contributed by atoms with Crippen molar-refractivity contribution in [3.63, 3.8) is 0 Å². The van der Waals surface area contributed by atoms with Crippen LogP contribution < -0.4 is 0 Å². The van der Waals surface area contributed by atoms with Gasteiger partial charge in [-0.1, -0.05) is 13.8 Å². The highest BCUT2D eigenvalue weighted by Crippen LogP contribution is 2.17. The largest absolute Gasteiger partial charge is 0.465 e. The molecule has 0 aliphatic carbocycles. The van der Waals surface area contributed by atoms with Crippen LogP contribution in [0.3, 0.4) is 0 Å². The van der Waals surface area contributed by atoms with Gasteiger partial charge in [0.25, 0.3) is 0 Å². The molecule has 14 heavy (non-hydrogen) atoms. The Morgan fingerprint density at radius 3 is 2.71 bits per heavy atom. The van der Waals surface area contributed by atoms with Crippen LogP contribution in [0, 0.1) is 5.92 Å². The molecule has 0 amide bonds. The van der Waals surface area contributed by atoms with Crippen molar-refractivity contribution in [2.45, 2.75) is 39.3 Å². The maximum absolute atomic E-state index is 11.7. The number of hydrogen-bond donors (Lipinski definition) is 0. The highest BCUT2D eigenvalue weighted by Gasteiger charge is 2.31. The number of carbonyl (C=O) groups excluding carboxylic acids is 1. The number of carbonyl (C=O) groups is 1. The van der Waals surface area contributed by atoms with Crippen molar-refractivity contribution in [3.05, 3.63) is 0 Å². The Hall–Kier alpha value is -0.353. The first-order valence-corrected chi connectivity index (χ1v) is 6.49. The first-order valence-electron chi connectivity index (χ1n) is 5.33. The van der Waals surface area contributed by atoms with Gasteiger partial charge in [-0.2, -0.15) is 0 Å². The predicted molar refractivity (Wildman–Crippen MR) is 57.1 cm³/mol. The number of rotatable bonds is 4. The van der Waals surface area contributed by atoms with Crippen molar-refractivity contribution in [3.8, 4) is 0 Å². The molecular weight excluding hydrogens is 194 g/mol. The van der Waals surface area contributed by atoms with Crippen LogP contribution in [-0.2, 0) is 9.53 Å². The number of nitrogens with zero attached hydrogens (tertiary/aromatic N) is 1. The van der Waals surface area contributed by atoms with Gasteiger partial charge in [0.1, 0.15) is 15.7 Å². The monoisotopic (exact) mass is 213 g/mol. The Morgan fingerprint density at radius 1 is 1.57 bits per heavy atom. The van der Waals surface area contributed by atoms with Gasteiger partial charge >= 0.3 is 5.97 Å². The summed E-state index contributed by atoms with van der Waals surface area (Å²) in [5.74, 6) is 0.302. The fraction of sp³-hybridized carbons (Fsp3) is 0.900. The average Bonchev–Trinajstić information content (AvgIpc) is 2.57. The molecule has 1 saturated heterocycles.